The van der Waals surface area contributed by atoms with Gasteiger partial charge in [0.25, 0.3) is 0 Å². The van der Waals surface area contributed by atoms with E-state index in [4.69, 9.17) is 4.74 Å². The third kappa shape index (κ3) is 4.71. The number of halogens is 1. The standard InChI is InChI=1S/C24H29FN4O2/c1-16-12-22-17(14-27-29(22)19-8-6-18(25)7-9-19)13-20(16)21-15-28(11-5-10-26-21)23(30)31-24(2,3)4/h6-9,12-14,21,26H,5,10-11,15H2,1-4H3. The Morgan fingerprint density at radius 1 is 1.23 bits per heavy atom. The first-order valence-electron chi connectivity index (χ1n) is 10.7. The van der Waals surface area contributed by atoms with Gasteiger partial charge in [-0.1, -0.05) is 0 Å². The van der Waals surface area contributed by atoms with E-state index in [1.807, 2.05) is 31.6 Å². The van der Waals surface area contributed by atoms with Gasteiger partial charge in [0.1, 0.15) is 11.4 Å². The van der Waals surface area contributed by atoms with Crippen LogP contribution in [0.1, 0.15) is 44.4 Å². The van der Waals surface area contributed by atoms with Crippen LogP contribution in [-0.4, -0.2) is 46.0 Å². The lowest BCUT2D eigenvalue weighted by Crippen LogP contribution is -2.40. The van der Waals surface area contributed by atoms with Gasteiger partial charge in [-0.05, 0) is 88.2 Å². The van der Waals surface area contributed by atoms with Gasteiger partial charge >= 0.3 is 6.09 Å². The van der Waals surface area contributed by atoms with Crippen molar-refractivity contribution in [2.24, 2.45) is 0 Å². The SMILES string of the molecule is Cc1cc2c(cnn2-c2ccc(F)cc2)cc1C1CN(C(=O)OC(C)(C)C)CCCN1. The molecule has 1 amide bonds. The van der Waals surface area contributed by atoms with Crippen LogP contribution in [-0.2, 0) is 4.74 Å². The van der Waals surface area contributed by atoms with E-state index in [2.05, 4.69) is 29.5 Å². The van der Waals surface area contributed by atoms with Gasteiger partial charge in [0.05, 0.1) is 23.4 Å². The molecule has 1 atom stereocenters. The van der Waals surface area contributed by atoms with Crippen LogP contribution in [0, 0.1) is 12.7 Å². The Labute approximate surface area is 182 Å². The number of benzene rings is 2. The highest BCUT2D eigenvalue weighted by Crippen LogP contribution is 2.28. The predicted molar refractivity (Wildman–Crippen MR) is 119 cm³/mol. The topological polar surface area (TPSA) is 59.4 Å². The fourth-order valence-electron chi connectivity index (χ4n) is 3.98. The average molecular weight is 425 g/mol. The second-order valence-corrected chi connectivity index (χ2v) is 9.09. The number of fused-ring (bicyclic) bond motifs is 1. The maximum absolute atomic E-state index is 13.3. The number of hydrogen-bond donors (Lipinski definition) is 1. The molecule has 1 aromatic heterocycles. The Morgan fingerprint density at radius 2 is 1.97 bits per heavy atom. The molecule has 3 aromatic rings. The Kier molecular flexibility index (Phi) is 5.71. The quantitative estimate of drug-likeness (QED) is 0.645. The number of amides is 1. The monoisotopic (exact) mass is 424 g/mol. The molecule has 0 radical (unpaired) electrons. The summed E-state index contributed by atoms with van der Waals surface area (Å²) in [4.78, 5) is 14.5. The first kappa shape index (κ1) is 21.3. The number of nitrogens with zero attached hydrogens (tertiary/aromatic N) is 3. The predicted octanol–water partition coefficient (Wildman–Crippen LogP) is 4.74. The van der Waals surface area contributed by atoms with Crippen LogP contribution in [0.5, 0.6) is 0 Å². The molecule has 31 heavy (non-hydrogen) atoms. The highest BCUT2D eigenvalue weighted by Gasteiger charge is 2.28. The van der Waals surface area contributed by atoms with Crippen molar-refractivity contribution >= 4 is 17.0 Å². The van der Waals surface area contributed by atoms with Crippen molar-refractivity contribution in [3.05, 3.63) is 59.5 Å². The van der Waals surface area contributed by atoms with Crippen molar-refractivity contribution in [1.82, 2.24) is 20.0 Å². The Hall–Kier alpha value is -2.93. The number of aryl methyl sites for hydroxylation is 1. The molecule has 2 aromatic carbocycles. The van der Waals surface area contributed by atoms with E-state index in [1.165, 1.54) is 12.1 Å². The zero-order chi connectivity index (χ0) is 22.2. The third-order valence-electron chi connectivity index (χ3n) is 5.45. The van der Waals surface area contributed by atoms with Crippen LogP contribution in [0.3, 0.4) is 0 Å². The molecule has 0 bridgehead atoms. The van der Waals surface area contributed by atoms with Gasteiger partial charge in [0.2, 0.25) is 0 Å². The van der Waals surface area contributed by atoms with E-state index in [-0.39, 0.29) is 18.0 Å². The maximum atomic E-state index is 13.3. The zero-order valence-electron chi connectivity index (χ0n) is 18.5. The molecular weight excluding hydrogens is 395 g/mol. The Morgan fingerprint density at radius 3 is 2.68 bits per heavy atom. The van der Waals surface area contributed by atoms with Crippen LogP contribution in [0.2, 0.25) is 0 Å². The van der Waals surface area contributed by atoms with Crippen LogP contribution in [0.4, 0.5) is 9.18 Å². The molecule has 4 rings (SSSR count). The number of aromatic nitrogens is 2. The van der Waals surface area contributed by atoms with Crippen molar-refractivity contribution < 1.29 is 13.9 Å². The number of hydrogen-bond acceptors (Lipinski definition) is 4. The number of carbonyl (C=O) groups is 1. The lowest BCUT2D eigenvalue weighted by atomic mass is 9.99. The number of nitrogens with one attached hydrogen (secondary N) is 1. The Bertz CT molecular complexity index is 1090. The Balaban J connectivity index is 1.63. The molecule has 2 heterocycles. The maximum Gasteiger partial charge on any atom is 0.410 e. The molecule has 1 saturated heterocycles. The van der Waals surface area contributed by atoms with Gasteiger partial charge < -0.3 is 15.0 Å². The number of carbonyl (C=O) groups excluding carboxylic acids is 1. The summed E-state index contributed by atoms with van der Waals surface area (Å²) in [6, 6.07) is 10.6. The molecule has 1 unspecified atom stereocenters. The van der Waals surface area contributed by atoms with Gasteiger partial charge in [-0.3, -0.25) is 0 Å². The second kappa shape index (κ2) is 8.30. The smallest absolute Gasteiger partial charge is 0.410 e. The van der Waals surface area contributed by atoms with E-state index in [0.717, 1.165) is 40.7 Å². The highest BCUT2D eigenvalue weighted by atomic mass is 19.1. The summed E-state index contributed by atoms with van der Waals surface area (Å²) in [6.07, 6.45) is 2.42. The van der Waals surface area contributed by atoms with Crippen LogP contribution < -0.4 is 5.32 Å². The summed E-state index contributed by atoms with van der Waals surface area (Å²) in [6.45, 7) is 9.77. The summed E-state index contributed by atoms with van der Waals surface area (Å²) >= 11 is 0. The van der Waals surface area contributed by atoms with E-state index >= 15 is 0 Å². The first-order chi connectivity index (χ1) is 14.7. The highest BCUT2D eigenvalue weighted by molar-refractivity contribution is 5.82. The van der Waals surface area contributed by atoms with E-state index < -0.39 is 5.60 Å². The molecule has 164 valence electrons. The van der Waals surface area contributed by atoms with Crippen LogP contribution in [0.15, 0.2) is 42.6 Å². The molecular formula is C24H29FN4O2. The van der Waals surface area contributed by atoms with Crippen LogP contribution in [0.25, 0.3) is 16.6 Å². The third-order valence-corrected chi connectivity index (χ3v) is 5.45. The minimum absolute atomic E-state index is 0.00795. The van der Waals surface area contributed by atoms with Gasteiger partial charge in [0, 0.05) is 18.5 Å². The largest absolute Gasteiger partial charge is 0.444 e. The van der Waals surface area contributed by atoms with Gasteiger partial charge in [-0.15, -0.1) is 0 Å². The molecule has 1 fully saturated rings. The van der Waals surface area contributed by atoms with Crippen molar-refractivity contribution in [1.29, 1.82) is 0 Å². The van der Waals surface area contributed by atoms with Gasteiger partial charge in [0.15, 0.2) is 0 Å². The summed E-state index contributed by atoms with van der Waals surface area (Å²) in [7, 11) is 0. The molecule has 1 aliphatic rings. The van der Waals surface area contributed by atoms with Crippen molar-refractivity contribution in [2.45, 2.75) is 45.8 Å². The van der Waals surface area contributed by atoms with Crippen molar-refractivity contribution in [3.8, 4) is 5.69 Å². The average Bonchev–Trinajstić information content (AvgIpc) is 2.94. The summed E-state index contributed by atoms with van der Waals surface area (Å²) in [5, 5.41) is 9.09. The van der Waals surface area contributed by atoms with Crippen molar-refractivity contribution in [3.63, 3.8) is 0 Å². The summed E-state index contributed by atoms with van der Waals surface area (Å²) in [5.41, 5.74) is 3.51. The zero-order valence-corrected chi connectivity index (χ0v) is 18.5. The fraction of sp³-hybridized carbons (Fsp3) is 0.417. The second-order valence-electron chi connectivity index (χ2n) is 9.09. The molecule has 6 nitrogen and oxygen atoms in total. The number of ether oxygens (including phenoxy) is 1. The number of rotatable bonds is 2. The molecule has 0 aliphatic carbocycles. The minimum atomic E-state index is -0.518. The van der Waals surface area contributed by atoms with Gasteiger partial charge in [-0.2, -0.15) is 5.10 Å². The fourth-order valence-corrected chi connectivity index (χ4v) is 3.98. The molecule has 1 N–H and O–H groups in total. The minimum Gasteiger partial charge on any atom is -0.444 e. The molecule has 0 spiro atoms. The summed E-state index contributed by atoms with van der Waals surface area (Å²) < 4.78 is 20.7. The molecule has 7 heteroatoms. The lowest BCUT2D eigenvalue weighted by molar-refractivity contribution is 0.0247. The van der Waals surface area contributed by atoms with Crippen LogP contribution >= 0.6 is 0 Å². The van der Waals surface area contributed by atoms with Gasteiger partial charge in [-0.25, -0.2) is 13.9 Å². The van der Waals surface area contributed by atoms with Crippen molar-refractivity contribution in [2.75, 3.05) is 19.6 Å². The normalized spacial score (nSPS) is 17.6. The molecule has 0 saturated carbocycles. The van der Waals surface area contributed by atoms with E-state index in [1.54, 1.807) is 17.0 Å². The van der Waals surface area contributed by atoms with E-state index in [0.29, 0.717) is 13.1 Å². The van der Waals surface area contributed by atoms with E-state index in [9.17, 15) is 9.18 Å². The lowest BCUT2D eigenvalue weighted by Gasteiger charge is -2.29. The molecule has 1 aliphatic heterocycles. The first-order valence-corrected chi connectivity index (χ1v) is 10.7. The summed E-state index contributed by atoms with van der Waals surface area (Å²) in [5.74, 6) is -0.271.